The second kappa shape index (κ2) is 7.20. The first-order valence-electron chi connectivity index (χ1n) is 6.88. The molecule has 0 spiro atoms. The molecular formula is C15H18N6. The van der Waals surface area contributed by atoms with E-state index in [2.05, 4.69) is 45.7 Å². The number of benzene rings is 1. The predicted octanol–water partition coefficient (Wildman–Crippen LogP) is 2.94. The molecule has 0 fully saturated rings. The van der Waals surface area contributed by atoms with E-state index in [1.807, 2.05) is 0 Å². The smallest absolute Gasteiger partial charge is 0.249 e. The summed E-state index contributed by atoms with van der Waals surface area (Å²) in [5.41, 5.74) is 1.43. The molecule has 0 saturated heterocycles. The molecule has 0 bridgehead atoms. The number of rotatable bonds is 6. The van der Waals surface area contributed by atoms with Crippen LogP contribution in [0.3, 0.4) is 0 Å². The molecule has 0 amide bonds. The van der Waals surface area contributed by atoms with E-state index in [9.17, 15) is 0 Å². The largest absolute Gasteiger partial charge is 0.369 e. The third-order valence-corrected chi connectivity index (χ3v) is 2.86. The molecule has 6 nitrogen and oxygen atoms in total. The van der Waals surface area contributed by atoms with Crippen molar-refractivity contribution in [3.8, 4) is 6.07 Å². The number of nitrogens with one attached hydrogen (secondary N) is 2. The second-order valence-corrected chi connectivity index (χ2v) is 5.09. The van der Waals surface area contributed by atoms with E-state index in [1.165, 1.54) is 0 Å². The number of anilines is 3. The summed E-state index contributed by atoms with van der Waals surface area (Å²) in [4.78, 5) is 4.35. The lowest BCUT2D eigenvalue weighted by Gasteiger charge is -2.08. The number of hydrogen-bond acceptors (Lipinski definition) is 6. The summed E-state index contributed by atoms with van der Waals surface area (Å²) in [6.07, 6.45) is 2.67. The highest BCUT2D eigenvalue weighted by Crippen LogP contribution is 2.14. The summed E-state index contributed by atoms with van der Waals surface area (Å²) >= 11 is 0. The standard InChI is InChI=1S/C15H18N6/c1-11(2)7-8-17-14-10-18-21-15(20-14)19-13-5-3-12(9-16)4-6-13/h3-6,10-11H,7-8H2,1-2H3,(H2,17,19,20,21). The maximum atomic E-state index is 8.76. The first kappa shape index (κ1) is 14.7. The Hall–Kier alpha value is -2.68. The molecule has 0 atom stereocenters. The minimum absolute atomic E-state index is 0.425. The Bertz CT molecular complexity index is 615. The van der Waals surface area contributed by atoms with Gasteiger partial charge < -0.3 is 10.6 Å². The Kier molecular flexibility index (Phi) is 5.04. The van der Waals surface area contributed by atoms with E-state index in [0.29, 0.717) is 23.2 Å². The van der Waals surface area contributed by atoms with Gasteiger partial charge >= 0.3 is 0 Å². The summed E-state index contributed by atoms with van der Waals surface area (Å²) < 4.78 is 0. The fraction of sp³-hybridized carbons (Fsp3) is 0.333. The van der Waals surface area contributed by atoms with E-state index >= 15 is 0 Å². The number of aromatic nitrogens is 3. The van der Waals surface area contributed by atoms with Crippen LogP contribution < -0.4 is 10.6 Å². The lowest BCUT2D eigenvalue weighted by Crippen LogP contribution is -2.08. The van der Waals surface area contributed by atoms with Crippen molar-refractivity contribution in [3.63, 3.8) is 0 Å². The highest BCUT2D eigenvalue weighted by atomic mass is 15.3. The van der Waals surface area contributed by atoms with Crippen molar-refractivity contribution in [2.24, 2.45) is 5.92 Å². The Labute approximate surface area is 124 Å². The van der Waals surface area contributed by atoms with Crippen molar-refractivity contribution >= 4 is 17.5 Å². The molecule has 2 N–H and O–H groups in total. The van der Waals surface area contributed by atoms with Crippen LogP contribution in [0.15, 0.2) is 30.5 Å². The van der Waals surface area contributed by atoms with Gasteiger partial charge in [-0.15, -0.1) is 5.10 Å². The molecule has 0 aliphatic carbocycles. The van der Waals surface area contributed by atoms with Gasteiger partial charge in [0.15, 0.2) is 5.82 Å². The van der Waals surface area contributed by atoms with Gasteiger partial charge in [-0.2, -0.15) is 15.3 Å². The number of nitriles is 1. The van der Waals surface area contributed by atoms with Gasteiger partial charge in [-0.25, -0.2) is 0 Å². The van der Waals surface area contributed by atoms with Crippen molar-refractivity contribution in [2.75, 3.05) is 17.2 Å². The molecule has 0 aliphatic heterocycles. The average Bonchev–Trinajstić information content (AvgIpc) is 2.48. The molecule has 2 rings (SSSR count). The third-order valence-electron chi connectivity index (χ3n) is 2.86. The van der Waals surface area contributed by atoms with Crippen molar-refractivity contribution in [1.29, 1.82) is 5.26 Å². The van der Waals surface area contributed by atoms with Crippen LogP contribution in [-0.2, 0) is 0 Å². The molecule has 1 heterocycles. The van der Waals surface area contributed by atoms with Crippen LogP contribution in [0.25, 0.3) is 0 Å². The monoisotopic (exact) mass is 282 g/mol. The van der Waals surface area contributed by atoms with Crippen LogP contribution in [-0.4, -0.2) is 21.7 Å². The summed E-state index contributed by atoms with van der Waals surface area (Å²) in [6.45, 7) is 5.21. The van der Waals surface area contributed by atoms with E-state index < -0.39 is 0 Å². The van der Waals surface area contributed by atoms with Gasteiger partial charge in [0.05, 0.1) is 17.8 Å². The molecule has 1 aromatic heterocycles. The second-order valence-electron chi connectivity index (χ2n) is 5.09. The quantitative estimate of drug-likeness (QED) is 0.847. The Morgan fingerprint density at radius 2 is 2.00 bits per heavy atom. The Morgan fingerprint density at radius 1 is 1.24 bits per heavy atom. The van der Waals surface area contributed by atoms with Gasteiger partial charge in [0.2, 0.25) is 5.95 Å². The topological polar surface area (TPSA) is 86.5 Å². The third kappa shape index (κ3) is 4.73. The lowest BCUT2D eigenvalue weighted by atomic mass is 10.1. The van der Waals surface area contributed by atoms with Crippen molar-refractivity contribution < 1.29 is 0 Å². The molecule has 0 unspecified atom stereocenters. The van der Waals surface area contributed by atoms with Crippen LogP contribution >= 0.6 is 0 Å². The molecule has 0 radical (unpaired) electrons. The first-order valence-corrected chi connectivity index (χ1v) is 6.88. The molecule has 0 aliphatic rings. The van der Waals surface area contributed by atoms with Gasteiger partial charge in [-0.1, -0.05) is 13.8 Å². The van der Waals surface area contributed by atoms with E-state index in [1.54, 1.807) is 30.5 Å². The lowest BCUT2D eigenvalue weighted by molar-refractivity contribution is 0.606. The van der Waals surface area contributed by atoms with Crippen LogP contribution in [0.2, 0.25) is 0 Å². The highest BCUT2D eigenvalue weighted by molar-refractivity contribution is 5.55. The molecule has 108 valence electrons. The van der Waals surface area contributed by atoms with E-state index in [4.69, 9.17) is 5.26 Å². The van der Waals surface area contributed by atoms with Gasteiger partial charge in [-0.3, -0.25) is 0 Å². The number of hydrogen-bond donors (Lipinski definition) is 2. The molecular weight excluding hydrogens is 264 g/mol. The number of nitrogens with zero attached hydrogens (tertiary/aromatic N) is 4. The fourth-order valence-corrected chi connectivity index (χ4v) is 1.69. The first-order chi connectivity index (χ1) is 10.2. The van der Waals surface area contributed by atoms with Gasteiger partial charge in [0.1, 0.15) is 0 Å². The molecule has 6 heteroatoms. The summed E-state index contributed by atoms with van der Waals surface area (Å²) in [6, 6.07) is 9.16. The van der Waals surface area contributed by atoms with E-state index in [0.717, 1.165) is 18.7 Å². The van der Waals surface area contributed by atoms with Gasteiger partial charge in [-0.05, 0) is 36.6 Å². The zero-order chi connectivity index (χ0) is 15.1. The van der Waals surface area contributed by atoms with Crippen molar-refractivity contribution in [2.45, 2.75) is 20.3 Å². The summed E-state index contributed by atoms with van der Waals surface area (Å²) in [5, 5.41) is 22.9. The minimum Gasteiger partial charge on any atom is -0.369 e. The highest BCUT2D eigenvalue weighted by Gasteiger charge is 2.02. The average molecular weight is 282 g/mol. The van der Waals surface area contributed by atoms with Crippen LogP contribution in [0, 0.1) is 17.2 Å². The summed E-state index contributed by atoms with van der Waals surface area (Å²) in [7, 11) is 0. The molecule has 1 aromatic carbocycles. The van der Waals surface area contributed by atoms with Gasteiger partial charge in [0, 0.05) is 12.2 Å². The minimum atomic E-state index is 0.425. The normalized spacial score (nSPS) is 10.2. The molecule has 0 saturated carbocycles. The Morgan fingerprint density at radius 3 is 2.67 bits per heavy atom. The van der Waals surface area contributed by atoms with Crippen molar-refractivity contribution in [3.05, 3.63) is 36.0 Å². The maximum absolute atomic E-state index is 8.76. The fourth-order valence-electron chi connectivity index (χ4n) is 1.69. The Balaban J connectivity index is 1.98. The maximum Gasteiger partial charge on any atom is 0.249 e. The SMILES string of the molecule is CC(C)CCNc1cnnc(Nc2ccc(C#N)cc2)n1. The van der Waals surface area contributed by atoms with Crippen molar-refractivity contribution in [1.82, 2.24) is 15.2 Å². The van der Waals surface area contributed by atoms with E-state index in [-0.39, 0.29) is 0 Å². The zero-order valence-corrected chi connectivity index (χ0v) is 12.2. The zero-order valence-electron chi connectivity index (χ0n) is 12.2. The van der Waals surface area contributed by atoms with Crippen LogP contribution in [0.1, 0.15) is 25.8 Å². The predicted molar refractivity (Wildman–Crippen MR) is 82.2 cm³/mol. The molecule has 2 aromatic rings. The van der Waals surface area contributed by atoms with Crippen LogP contribution in [0.5, 0.6) is 0 Å². The van der Waals surface area contributed by atoms with Gasteiger partial charge in [0.25, 0.3) is 0 Å². The van der Waals surface area contributed by atoms with Crippen LogP contribution in [0.4, 0.5) is 17.5 Å². The molecule has 21 heavy (non-hydrogen) atoms. The summed E-state index contributed by atoms with van der Waals surface area (Å²) in [5.74, 6) is 1.76.